The topological polar surface area (TPSA) is 103 Å². The highest BCUT2D eigenvalue weighted by Crippen LogP contribution is 2.30. The molecule has 3 N–H and O–H groups in total. The minimum atomic E-state index is -4.88. The van der Waals surface area contributed by atoms with Gasteiger partial charge in [0.2, 0.25) is 0 Å². The van der Waals surface area contributed by atoms with E-state index in [-0.39, 0.29) is 35.3 Å². The van der Waals surface area contributed by atoms with Crippen LogP contribution in [0.3, 0.4) is 0 Å². The van der Waals surface area contributed by atoms with Gasteiger partial charge in [-0.2, -0.15) is 13.2 Å². The lowest BCUT2D eigenvalue weighted by Crippen LogP contribution is -2.47. The van der Waals surface area contributed by atoms with Gasteiger partial charge in [0.05, 0.1) is 22.9 Å². The number of hydrogen-bond acceptors (Lipinski definition) is 4. The number of rotatable bonds is 4. The van der Waals surface area contributed by atoms with Crippen LogP contribution in [-0.2, 0) is 6.18 Å². The van der Waals surface area contributed by atoms with E-state index in [1.54, 1.807) is 4.90 Å². The molecule has 1 saturated heterocycles. The highest BCUT2D eigenvalue weighted by Gasteiger charge is 2.33. The third-order valence-corrected chi connectivity index (χ3v) is 5.84. The van der Waals surface area contributed by atoms with Crippen LogP contribution >= 0.6 is 0 Å². The number of aromatic nitrogens is 1. The number of urea groups is 1. The molecule has 3 rings (SSSR count). The van der Waals surface area contributed by atoms with Gasteiger partial charge in [0.25, 0.3) is 11.8 Å². The van der Waals surface area contributed by atoms with Crippen molar-refractivity contribution in [2.24, 2.45) is 0 Å². The Labute approximate surface area is 203 Å². The van der Waals surface area contributed by atoms with Gasteiger partial charge in [-0.05, 0) is 57.9 Å². The summed E-state index contributed by atoms with van der Waals surface area (Å²) in [5.74, 6) is -3.68. The van der Waals surface area contributed by atoms with Crippen molar-refractivity contribution in [3.05, 3.63) is 64.5 Å². The second kappa shape index (κ2) is 10.5. The van der Waals surface area contributed by atoms with Crippen molar-refractivity contribution in [1.82, 2.24) is 26.1 Å². The Morgan fingerprint density at radius 3 is 2.22 bits per heavy atom. The van der Waals surface area contributed by atoms with Gasteiger partial charge in [0, 0.05) is 23.8 Å². The molecule has 0 unspecified atom stereocenters. The second-order valence-electron chi connectivity index (χ2n) is 8.58. The third-order valence-electron chi connectivity index (χ3n) is 5.84. The number of nitrogens with zero attached hydrogens (tertiary/aromatic N) is 2. The lowest BCUT2D eigenvalue weighted by Gasteiger charge is -2.26. The summed E-state index contributed by atoms with van der Waals surface area (Å²) in [6, 6.07) is 0.231. The molecule has 0 radical (unpaired) electrons. The van der Waals surface area contributed by atoms with Gasteiger partial charge >= 0.3 is 12.2 Å². The first kappa shape index (κ1) is 26.8. The average Bonchev–Trinajstić information content (AvgIpc) is 3.13. The van der Waals surface area contributed by atoms with Crippen LogP contribution in [0.1, 0.15) is 71.6 Å². The number of benzene rings is 1. The zero-order valence-electron chi connectivity index (χ0n) is 19.5. The molecule has 0 spiro atoms. The number of hydrogen-bond donors (Lipinski definition) is 3. The Bertz CT molecular complexity index is 1160. The number of alkyl halides is 3. The van der Waals surface area contributed by atoms with Crippen LogP contribution in [0, 0.1) is 11.6 Å². The summed E-state index contributed by atoms with van der Waals surface area (Å²) in [5, 5.41) is 2.29. The Hall–Kier alpha value is -3.77. The van der Waals surface area contributed by atoms with E-state index in [2.05, 4.69) is 10.3 Å². The van der Waals surface area contributed by atoms with E-state index >= 15 is 0 Å². The van der Waals surface area contributed by atoms with Gasteiger partial charge in [0.15, 0.2) is 0 Å². The Morgan fingerprint density at radius 2 is 1.64 bits per heavy atom. The summed E-state index contributed by atoms with van der Waals surface area (Å²) in [5.41, 5.74) is 1.56. The molecule has 1 aromatic heterocycles. The van der Waals surface area contributed by atoms with Crippen LogP contribution in [-0.4, -0.2) is 39.8 Å². The first-order valence-corrected chi connectivity index (χ1v) is 11.0. The van der Waals surface area contributed by atoms with E-state index in [1.165, 1.54) is 13.1 Å². The summed E-state index contributed by atoms with van der Waals surface area (Å²) >= 11 is 0. The predicted molar refractivity (Wildman–Crippen MR) is 117 cm³/mol. The van der Waals surface area contributed by atoms with Gasteiger partial charge in [-0.1, -0.05) is 0 Å². The number of hydrazine groups is 1. The van der Waals surface area contributed by atoms with E-state index < -0.39 is 46.9 Å². The molecular formula is C23H24F5N5O3. The Morgan fingerprint density at radius 1 is 1.00 bits per heavy atom. The van der Waals surface area contributed by atoms with Crippen molar-refractivity contribution in [3.8, 4) is 0 Å². The summed E-state index contributed by atoms with van der Waals surface area (Å²) in [4.78, 5) is 42.5. The fourth-order valence-corrected chi connectivity index (χ4v) is 4.00. The van der Waals surface area contributed by atoms with Crippen molar-refractivity contribution >= 4 is 17.8 Å². The molecule has 1 aromatic carbocycles. The SMILES string of the molecule is C[C@@H]1CC[C@H](C)N1C(=O)c1cnc([C@@H](C)NC(=O)NNC(=O)c2cc(F)cc(C(F)(F)F)c2)c(F)c1. The molecule has 2 aromatic rings. The maximum absolute atomic E-state index is 14.7. The maximum Gasteiger partial charge on any atom is 0.416 e. The highest BCUT2D eigenvalue weighted by molar-refractivity contribution is 5.95. The van der Waals surface area contributed by atoms with Crippen molar-refractivity contribution in [1.29, 1.82) is 0 Å². The fraction of sp³-hybridized carbons (Fsp3) is 0.391. The normalized spacial score (nSPS) is 18.5. The molecule has 4 amide bonds. The predicted octanol–water partition coefficient (Wildman–Crippen LogP) is 4.10. The lowest BCUT2D eigenvalue weighted by molar-refractivity contribution is -0.137. The zero-order chi connectivity index (χ0) is 26.8. The van der Waals surface area contributed by atoms with Crippen molar-refractivity contribution in [3.63, 3.8) is 0 Å². The molecule has 1 aliphatic rings. The van der Waals surface area contributed by atoms with E-state index in [0.717, 1.165) is 18.9 Å². The standard InChI is InChI=1S/C23H24F5N5O3/c1-11-4-5-12(2)33(11)21(35)15-8-18(25)19(29-10-15)13(3)30-22(36)32-31-20(34)14-6-16(23(26,27)28)9-17(24)7-14/h6-13H,4-5H2,1-3H3,(H,31,34)(H2,30,32,36)/t11-,12+,13-/m1/s1. The number of carbonyl (C=O) groups is 3. The van der Waals surface area contributed by atoms with Gasteiger partial charge in [-0.3, -0.25) is 20.0 Å². The Balaban J connectivity index is 1.60. The molecule has 8 nitrogen and oxygen atoms in total. The van der Waals surface area contributed by atoms with E-state index in [0.29, 0.717) is 12.1 Å². The van der Waals surface area contributed by atoms with Crippen LogP contribution in [0.15, 0.2) is 30.5 Å². The number of pyridine rings is 1. The van der Waals surface area contributed by atoms with Crippen LogP contribution in [0.2, 0.25) is 0 Å². The molecule has 2 heterocycles. The number of likely N-dealkylation sites (tertiary alicyclic amines) is 1. The quantitative estimate of drug-likeness (QED) is 0.423. The number of nitrogens with one attached hydrogen (secondary N) is 3. The number of amides is 4. The van der Waals surface area contributed by atoms with Gasteiger partial charge in [-0.25, -0.2) is 19.0 Å². The molecule has 13 heteroatoms. The van der Waals surface area contributed by atoms with Gasteiger partial charge in [0.1, 0.15) is 11.6 Å². The van der Waals surface area contributed by atoms with Crippen LogP contribution in [0.5, 0.6) is 0 Å². The monoisotopic (exact) mass is 513 g/mol. The molecule has 0 aliphatic carbocycles. The maximum atomic E-state index is 14.7. The highest BCUT2D eigenvalue weighted by atomic mass is 19.4. The van der Waals surface area contributed by atoms with Crippen LogP contribution in [0.4, 0.5) is 26.7 Å². The number of carbonyl (C=O) groups excluding carboxylic acids is 3. The van der Waals surface area contributed by atoms with Crippen molar-refractivity contribution in [2.45, 2.75) is 57.9 Å². The van der Waals surface area contributed by atoms with Gasteiger partial charge in [-0.15, -0.1) is 0 Å². The minimum absolute atomic E-state index is 0.0159. The van der Waals surface area contributed by atoms with Crippen molar-refractivity contribution in [2.75, 3.05) is 0 Å². The van der Waals surface area contributed by atoms with E-state index in [9.17, 15) is 36.3 Å². The molecule has 3 atom stereocenters. The third kappa shape index (κ3) is 6.07. The number of halogens is 5. The molecule has 1 fully saturated rings. The summed E-state index contributed by atoms with van der Waals surface area (Å²) in [7, 11) is 0. The first-order chi connectivity index (χ1) is 16.8. The molecule has 194 valence electrons. The largest absolute Gasteiger partial charge is 0.416 e. The molecule has 36 heavy (non-hydrogen) atoms. The molecule has 0 bridgehead atoms. The minimum Gasteiger partial charge on any atom is -0.333 e. The zero-order valence-corrected chi connectivity index (χ0v) is 19.5. The summed E-state index contributed by atoms with van der Waals surface area (Å²) in [6.07, 6.45) is -1.98. The van der Waals surface area contributed by atoms with Crippen LogP contribution in [0.25, 0.3) is 0 Å². The second-order valence-corrected chi connectivity index (χ2v) is 8.58. The van der Waals surface area contributed by atoms with Crippen LogP contribution < -0.4 is 16.2 Å². The van der Waals surface area contributed by atoms with Gasteiger partial charge < -0.3 is 10.2 Å². The molecular weight excluding hydrogens is 489 g/mol. The summed E-state index contributed by atoms with van der Waals surface area (Å²) < 4.78 is 66.6. The first-order valence-electron chi connectivity index (χ1n) is 11.0. The van der Waals surface area contributed by atoms with Crippen molar-refractivity contribution < 1.29 is 36.3 Å². The average molecular weight is 513 g/mol. The fourth-order valence-electron chi connectivity index (χ4n) is 4.00. The summed E-state index contributed by atoms with van der Waals surface area (Å²) in [6.45, 7) is 5.21. The van der Waals surface area contributed by atoms with E-state index in [1.807, 2.05) is 24.7 Å². The molecule has 1 aliphatic heterocycles. The Kier molecular flexibility index (Phi) is 7.80. The smallest absolute Gasteiger partial charge is 0.333 e. The van der Waals surface area contributed by atoms with E-state index in [4.69, 9.17) is 0 Å². The molecule has 0 saturated carbocycles. The lowest BCUT2D eigenvalue weighted by atomic mass is 10.1.